The Balaban J connectivity index is 2.98. The molecular formula is C14H18BrN3O3. The number of nitro benzene ring substituents is 1. The highest BCUT2D eigenvalue weighted by Crippen LogP contribution is 2.34. The van der Waals surface area contributed by atoms with Crippen LogP contribution in [-0.2, 0) is 0 Å². The quantitative estimate of drug-likeness (QED) is 0.598. The number of nitrogens with zero attached hydrogens (tertiary/aromatic N) is 2. The van der Waals surface area contributed by atoms with Crippen molar-refractivity contribution >= 4 is 21.6 Å². The third-order valence-corrected chi connectivity index (χ3v) is 3.39. The van der Waals surface area contributed by atoms with Gasteiger partial charge >= 0.3 is 5.69 Å². The molecule has 1 N–H and O–H groups in total. The van der Waals surface area contributed by atoms with E-state index in [2.05, 4.69) is 27.3 Å². The Morgan fingerprint density at radius 2 is 2.24 bits per heavy atom. The maximum absolute atomic E-state index is 11.1. The van der Waals surface area contributed by atoms with Gasteiger partial charge in [-0.1, -0.05) is 22.9 Å². The lowest BCUT2D eigenvalue weighted by atomic mass is 10.1. The largest absolute Gasteiger partial charge is 0.484 e. The summed E-state index contributed by atoms with van der Waals surface area (Å²) in [5, 5.41) is 23.4. The van der Waals surface area contributed by atoms with Crippen molar-refractivity contribution < 1.29 is 9.66 Å². The zero-order chi connectivity index (χ0) is 16.0. The van der Waals surface area contributed by atoms with Crippen LogP contribution in [0.15, 0.2) is 16.6 Å². The molecule has 0 aliphatic rings. The van der Waals surface area contributed by atoms with Crippen LogP contribution in [0.4, 0.5) is 5.69 Å². The number of hydrogen-bond donors (Lipinski definition) is 1. The first-order valence-electron chi connectivity index (χ1n) is 6.56. The molecule has 0 saturated heterocycles. The molecule has 0 saturated carbocycles. The van der Waals surface area contributed by atoms with Gasteiger partial charge in [0.15, 0.2) is 5.75 Å². The molecule has 0 amide bonds. The number of nitriles is 1. The minimum atomic E-state index is -0.886. The maximum Gasteiger partial charge on any atom is 0.312 e. The minimum absolute atomic E-state index is 0.0345. The van der Waals surface area contributed by atoms with Crippen LogP contribution in [0.5, 0.6) is 5.75 Å². The van der Waals surface area contributed by atoms with Crippen molar-refractivity contribution in [1.82, 2.24) is 5.32 Å². The number of halogens is 1. The van der Waals surface area contributed by atoms with Crippen LogP contribution >= 0.6 is 15.9 Å². The van der Waals surface area contributed by atoms with E-state index in [9.17, 15) is 15.4 Å². The first-order chi connectivity index (χ1) is 9.83. The molecule has 0 fully saturated rings. The molecular weight excluding hydrogens is 338 g/mol. The van der Waals surface area contributed by atoms with Crippen molar-refractivity contribution in [2.75, 3.05) is 13.2 Å². The molecule has 0 bridgehead atoms. The normalized spacial score (nSPS) is 13.3. The van der Waals surface area contributed by atoms with Crippen molar-refractivity contribution in [3.8, 4) is 11.8 Å². The van der Waals surface area contributed by atoms with Crippen molar-refractivity contribution in [3.05, 3.63) is 32.3 Å². The molecule has 1 unspecified atom stereocenters. The van der Waals surface area contributed by atoms with Gasteiger partial charge < -0.3 is 4.74 Å². The Kier molecular flexibility index (Phi) is 6.12. The van der Waals surface area contributed by atoms with Gasteiger partial charge in [-0.3, -0.25) is 15.4 Å². The van der Waals surface area contributed by atoms with E-state index in [1.807, 2.05) is 6.92 Å². The lowest BCUT2D eigenvalue weighted by Gasteiger charge is -2.23. The van der Waals surface area contributed by atoms with Gasteiger partial charge in [-0.2, -0.15) is 5.26 Å². The summed E-state index contributed by atoms with van der Waals surface area (Å²) in [6, 6.07) is 5.28. The number of hydrogen-bond acceptors (Lipinski definition) is 5. The Morgan fingerprint density at radius 3 is 2.76 bits per heavy atom. The van der Waals surface area contributed by atoms with Gasteiger partial charge in [0.1, 0.15) is 12.1 Å². The number of nitro groups is 1. The Morgan fingerprint density at radius 1 is 1.57 bits per heavy atom. The summed E-state index contributed by atoms with van der Waals surface area (Å²) in [6.45, 7) is 6.15. The van der Waals surface area contributed by atoms with Crippen LogP contribution in [0.3, 0.4) is 0 Å². The Hall–Kier alpha value is -1.65. The molecule has 1 rings (SSSR count). The topological polar surface area (TPSA) is 88.2 Å². The summed E-state index contributed by atoms with van der Waals surface area (Å²) >= 11 is 3.23. The molecule has 21 heavy (non-hydrogen) atoms. The van der Waals surface area contributed by atoms with Gasteiger partial charge in [0.05, 0.1) is 11.0 Å². The third-order valence-electron chi connectivity index (χ3n) is 2.93. The molecule has 0 aromatic heterocycles. The fraction of sp³-hybridized carbons (Fsp3) is 0.500. The summed E-state index contributed by atoms with van der Waals surface area (Å²) < 4.78 is 6.21. The summed E-state index contributed by atoms with van der Waals surface area (Å²) in [5.41, 5.74) is -0.354. The van der Waals surface area contributed by atoms with E-state index in [0.29, 0.717) is 16.6 Å². The minimum Gasteiger partial charge on any atom is -0.484 e. The molecule has 6 nitrogen and oxygen atoms in total. The second kappa shape index (κ2) is 7.38. The van der Waals surface area contributed by atoms with Gasteiger partial charge in [0.25, 0.3) is 0 Å². The summed E-state index contributed by atoms with van der Waals surface area (Å²) in [7, 11) is 0. The first-order valence-corrected chi connectivity index (χ1v) is 7.36. The second-order valence-corrected chi connectivity index (χ2v) is 5.90. The summed E-state index contributed by atoms with van der Waals surface area (Å²) in [6.07, 6.45) is 0.884. The molecule has 1 atom stereocenters. The smallest absolute Gasteiger partial charge is 0.312 e. The number of ether oxygens (including phenoxy) is 1. The number of rotatable bonds is 7. The average molecular weight is 356 g/mol. The van der Waals surface area contributed by atoms with Crippen LogP contribution in [0, 0.1) is 28.4 Å². The van der Waals surface area contributed by atoms with Gasteiger partial charge in [-0.25, -0.2) is 0 Å². The zero-order valence-corrected chi connectivity index (χ0v) is 13.9. The SMILES string of the molecule is CCCNC(C)(C#N)COc1c(C)cc(Br)cc1[N+](=O)[O-]. The van der Waals surface area contributed by atoms with Crippen molar-refractivity contribution in [2.45, 2.75) is 32.7 Å². The lowest BCUT2D eigenvalue weighted by molar-refractivity contribution is -0.386. The lowest BCUT2D eigenvalue weighted by Crippen LogP contribution is -2.46. The van der Waals surface area contributed by atoms with Gasteiger partial charge in [0, 0.05) is 10.5 Å². The van der Waals surface area contributed by atoms with E-state index < -0.39 is 10.5 Å². The van der Waals surface area contributed by atoms with Crippen LogP contribution in [0.2, 0.25) is 0 Å². The zero-order valence-electron chi connectivity index (χ0n) is 12.3. The number of nitrogens with one attached hydrogen (secondary N) is 1. The third kappa shape index (κ3) is 4.69. The fourth-order valence-electron chi connectivity index (χ4n) is 1.78. The fourth-order valence-corrected chi connectivity index (χ4v) is 2.34. The van der Waals surface area contributed by atoms with Crippen molar-refractivity contribution in [1.29, 1.82) is 5.26 Å². The average Bonchev–Trinajstić information content (AvgIpc) is 2.43. The molecule has 0 aliphatic heterocycles. The van der Waals surface area contributed by atoms with E-state index in [1.165, 1.54) is 6.07 Å². The molecule has 0 radical (unpaired) electrons. The molecule has 0 aliphatic carbocycles. The highest BCUT2D eigenvalue weighted by atomic mass is 79.9. The second-order valence-electron chi connectivity index (χ2n) is 4.99. The monoisotopic (exact) mass is 355 g/mol. The van der Waals surface area contributed by atoms with E-state index in [1.54, 1.807) is 19.9 Å². The van der Waals surface area contributed by atoms with E-state index in [0.717, 1.165) is 6.42 Å². The predicted molar refractivity (Wildman–Crippen MR) is 83.3 cm³/mol. The maximum atomic E-state index is 11.1. The van der Waals surface area contributed by atoms with Crippen LogP contribution < -0.4 is 10.1 Å². The highest BCUT2D eigenvalue weighted by molar-refractivity contribution is 9.10. The summed E-state index contributed by atoms with van der Waals surface area (Å²) in [5.74, 6) is 0.197. The van der Waals surface area contributed by atoms with Crippen LogP contribution in [0.25, 0.3) is 0 Å². The van der Waals surface area contributed by atoms with E-state index >= 15 is 0 Å². The van der Waals surface area contributed by atoms with Crippen LogP contribution in [0.1, 0.15) is 25.8 Å². The van der Waals surface area contributed by atoms with Crippen molar-refractivity contribution in [2.24, 2.45) is 0 Å². The van der Waals surface area contributed by atoms with Crippen LogP contribution in [-0.4, -0.2) is 23.6 Å². The molecule has 1 aromatic rings. The molecule has 0 heterocycles. The molecule has 1 aromatic carbocycles. The Labute approximate surface area is 132 Å². The van der Waals surface area contributed by atoms with E-state index in [-0.39, 0.29) is 18.0 Å². The molecule has 7 heteroatoms. The predicted octanol–water partition coefficient (Wildman–Crippen LogP) is 3.33. The van der Waals surface area contributed by atoms with Crippen molar-refractivity contribution in [3.63, 3.8) is 0 Å². The first kappa shape index (κ1) is 17.4. The van der Waals surface area contributed by atoms with Gasteiger partial charge in [0.2, 0.25) is 0 Å². The molecule has 114 valence electrons. The Bertz CT molecular complexity index is 571. The van der Waals surface area contributed by atoms with E-state index in [4.69, 9.17) is 4.74 Å². The number of aryl methyl sites for hydroxylation is 1. The summed E-state index contributed by atoms with van der Waals surface area (Å²) in [4.78, 5) is 10.6. The molecule has 0 spiro atoms. The highest BCUT2D eigenvalue weighted by Gasteiger charge is 2.27. The standard InChI is InChI=1S/C14H18BrN3O3/c1-4-5-17-14(3,8-16)9-21-13-10(2)6-11(15)7-12(13)18(19)20/h6-7,17H,4-5,9H2,1-3H3. The number of benzene rings is 1. The van der Waals surface area contributed by atoms with Gasteiger partial charge in [-0.05, 0) is 38.4 Å². The van der Waals surface area contributed by atoms with Gasteiger partial charge in [-0.15, -0.1) is 0 Å².